The molecule has 2 aliphatic rings. The average Bonchev–Trinajstić information content (AvgIpc) is 1.69. The molecule has 28 N–H and O–H groups in total. The molecule has 42 heteroatoms. The summed E-state index contributed by atoms with van der Waals surface area (Å²) in [6.07, 6.45) is 0.770. The van der Waals surface area contributed by atoms with Crippen molar-refractivity contribution in [3.05, 3.63) is 90.1 Å². The van der Waals surface area contributed by atoms with Crippen LogP contribution in [0, 0.1) is 0 Å². The number of ether oxygens (including phenoxy) is 2. The molecule has 4 heterocycles. The molecule has 0 saturated carbocycles. The molecule has 12 atom stereocenters. The van der Waals surface area contributed by atoms with Crippen molar-refractivity contribution >= 4 is 105 Å². The lowest BCUT2D eigenvalue weighted by atomic mass is 10.0. The van der Waals surface area contributed by atoms with E-state index in [2.05, 4.69) is 83.7 Å². The third kappa shape index (κ3) is 31.3. The van der Waals surface area contributed by atoms with Gasteiger partial charge < -0.3 is 133 Å². The van der Waals surface area contributed by atoms with E-state index in [1.54, 1.807) is 55.6 Å². The van der Waals surface area contributed by atoms with Crippen LogP contribution in [0.1, 0.15) is 107 Å². The number of nitrogens with two attached hydrogens (primary N) is 6. The van der Waals surface area contributed by atoms with Gasteiger partial charge in [-0.15, -0.1) is 0 Å². The fourth-order valence-corrected chi connectivity index (χ4v) is 12.5. The van der Waals surface area contributed by atoms with Gasteiger partial charge in [0.25, 0.3) is 0 Å². The van der Waals surface area contributed by atoms with Crippen LogP contribution in [0.25, 0.3) is 10.9 Å². The molecule has 42 nitrogen and oxygen atoms in total. The van der Waals surface area contributed by atoms with Crippen molar-refractivity contribution in [2.45, 2.75) is 182 Å². The number of unbranched alkanes of at least 4 members (excludes halogenated alkanes) is 1. The number of aromatic nitrogens is 3. The third-order valence-corrected chi connectivity index (χ3v) is 18.7. The number of fused-ring (bicyclic) bond motifs is 2. The first-order chi connectivity index (χ1) is 55.1. The van der Waals surface area contributed by atoms with Crippen LogP contribution < -0.4 is 98.2 Å². The Morgan fingerprint density at radius 3 is 2.01 bits per heavy atom. The Balaban J connectivity index is 1.24. The summed E-state index contributed by atoms with van der Waals surface area (Å²) in [4.78, 5) is 225. The summed E-state index contributed by atoms with van der Waals surface area (Å²) in [5, 5.41) is 52.8. The minimum Gasteiger partial charge on any atom is -0.394 e. The zero-order valence-electron chi connectivity index (χ0n) is 64.1. The molecule has 15 amide bonds. The fraction of sp³-hybridized carbons (Fsp3) is 0.548. The summed E-state index contributed by atoms with van der Waals surface area (Å²) in [5.74, 6) is -14.3. The van der Waals surface area contributed by atoms with Gasteiger partial charge in [-0.3, -0.25) is 76.9 Å². The van der Waals surface area contributed by atoms with Crippen LogP contribution in [0.2, 0.25) is 0 Å². The Morgan fingerprint density at radius 2 is 1.32 bits per heavy atom. The van der Waals surface area contributed by atoms with Crippen molar-refractivity contribution in [1.29, 1.82) is 0 Å². The number of para-hydroxylation sites is 1. The maximum Gasteiger partial charge on any atom is 0.246 e. The van der Waals surface area contributed by atoms with Crippen LogP contribution >= 0.6 is 0 Å². The highest BCUT2D eigenvalue weighted by Gasteiger charge is 2.44. The molecule has 2 aromatic heterocycles. The number of aliphatic imine (C=N–C) groups is 1. The van der Waals surface area contributed by atoms with E-state index >= 15 is 4.79 Å². The van der Waals surface area contributed by atoms with Gasteiger partial charge in [-0.05, 0) is 68.6 Å². The Hall–Kier alpha value is -11.7. The van der Waals surface area contributed by atoms with E-state index in [0.29, 0.717) is 17.5 Å². The molecule has 0 bridgehead atoms. The summed E-state index contributed by atoms with van der Waals surface area (Å²) in [5.41, 5.74) is 36.2. The number of hydrogen-bond acceptors (Lipinski definition) is 23. The van der Waals surface area contributed by atoms with Gasteiger partial charge in [-0.2, -0.15) is 0 Å². The predicted molar refractivity (Wildman–Crippen MR) is 413 cm³/mol. The van der Waals surface area contributed by atoms with E-state index in [-0.39, 0.29) is 115 Å². The second-order valence-corrected chi connectivity index (χ2v) is 27.6. The number of rotatable bonds is 39. The van der Waals surface area contributed by atoms with Gasteiger partial charge in [0, 0.05) is 100 Å². The zero-order chi connectivity index (χ0) is 83.9. The van der Waals surface area contributed by atoms with Gasteiger partial charge in [0.15, 0.2) is 5.96 Å². The summed E-state index contributed by atoms with van der Waals surface area (Å²) in [6, 6.07) is -1.59. The lowest BCUT2D eigenvalue weighted by Gasteiger charge is -2.31. The molecule has 4 aromatic rings. The van der Waals surface area contributed by atoms with Gasteiger partial charge in [-0.1, -0.05) is 68.3 Å². The van der Waals surface area contributed by atoms with E-state index in [1.165, 1.54) is 12.5 Å². The molecule has 2 aliphatic heterocycles. The Kier molecular flexibility index (Phi) is 38.7. The molecular formula is C73H109N23O19. The molecule has 0 spiro atoms. The molecule has 0 unspecified atom stereocenters. The number of nitrogens with one attached hydrogen (secondary N) is 14. The number of guanidine groups is 1. The maximum absolute atomic E-state index is 15.3. The van der Waals surface area contributed by atoms with E-state index in [9.17, 15) is 77.3 Å². The number of imidazole rings is 1. The maximum atomic E-state index is 15.3. The molecule has 0 radical (unpaired) electrons. The lowest BCUT2D eigenvalue weighted by molar-refractivity contribution is -0.143. The molecule has 0 aliphatic carbocycles. The molecule has 2 fully saturated rings. The normalized spacial score (nSPS) is 20.1. The Bertz CT molecular complexity index is 3960. The molecular weight excluding hydrogens is 1500 g/mol. The number of benzene rings is 2. The van der Waals surface area contributed by atoms with Crippen LogP contribution in [-0.2, 0) is 101 Å². The number of carbonyl (C=O) groups excluding carboxylic acids is 15. The highest BCUT2D eigenvalue weighted by Crippen LogP contribution is 2.23. The smallest absolute Gasteiger partial charge is 0.246 e. The number of H-pyrrole nitrogens is 2. The van der Waals surface area contributed by atoms with Gasteiger partial charge in [0.1, 0.15) is 73.1 Å². The lowest BCUT2D eigenvalue weighted by Crippen LogP contribution is -2.62. The third-order valence-electron chi connectivity index (χ3n) is 18.7. The first kappa shape index (κ1) is 92.1. The highest BCUT2D eigenvalue weighted by atomic mass is 16.5. The number of hydrogen-bond donors (Lipinski definition) is 22. The molecule has 630 valence electrons. The van der Waals surface area contributed by atoms with Gasteiger partial charge in [0.2, 0.25) is 88.6 Å². The minimum absolute atomic E-state index is 0.00800. The molecule has 2 saturated heterocycles. The van der Waals surface area contributed by atoms with Gasteiger partial charge in [0.05, 0.1) is 45.4 Å². The van der Waals surface area contributed by atoms with Crippen LogP contribution in [0.15, 0.2) is 78.3 Å². The minimum atomic E-state index is -1.73. The molecule has 6 rings (SSSR count). The summed E-state index contributed by atoms with van der Waals surface area (Å²) in [7, 11) is 0. The predicted octanol–water partition coefficient (Wildman–Crippen LogP) is -8.14. The molecule has 2 aromatic carbocycles. The van der Waals surface area contributed by atoms with Crippen LogP contribution in [-0.4, -0.2) is 269 Å². The van der Waals surface area contributed by atoms with Crippen molar-refractivity contribution < 1.29 is 91.6 Å². The topological polar surface area (TPSA) is 676 Å². The quantitative estimate of drug-likeness (QED) is 0.0112. The largest absolute Gasteiger partial charge is 0.394 e. The number of primary amides is 2. The fourth-order valence-electron chi connectivity index (χ4n) is 12.5. The van der Waals surface area contributed by atoms with Crippen molar-refractivity contribution in [3.63, 3.8) is 0 Å². The summed E-state index contributed by atoms with van der Waals surface area (Å²) in [6.45, 7) is -0.774. The second kappa shape index (κ2) is 48.4. The van der Waals surface area contributed by atoms with Crippen molar-refractivity contribution in [2.75, 3.05) is 72.3 Å². The van der Waals surface area contributed by atoms with Crippen molar-refractivity contribution in [3.8, 4) is 0 Å². The Morgan fingerprint density at radius 1 is 0.678 bits per heavy atom. The number of aliphatic hydroxyl groups excluding tert-OH is 2. The van der Waals surface area contributed by atoms with Crippen LogP contribution in [0.4, 0.5) is 0 Å². The number of aliphatic hydroxyl groups is 2. The van der Waals surface area contributed by atoms with Crippen molar-refractivity contribution in [2.24, 2.45) is 39.4 Å². The van der Waals surface area contributed by atoms with E-state index in [1.807, 2.05) is 12.1 Å². The number of nitrogens with zero attached hydrogens (tertiary/aromatic N) is 3. The SMILES string of the molecule is CCCC[C@H](NC(=O)[C@H](CN)NC(=O)[C@H](Cc1cnc[nH]1)NC(=O)[C@H](CCC(N)=O)NC(=O)[C@H](CO)NC(=O)CNC(=O)COCCOCCN)C(=O)N[C@H]1CCC(=O)NCCCC[C@@H](C(N)=O)NC(=O)[C@H](Cc2c[nH]c3ccccc23)NC(=O)[C@H](CCCN=C(N)N)NC(=O)[C@@H](Cc2ccccc2)NC(=O)[C@@H]2C[C@@H](O)CN2C1=O. The second-order valence-electron chi connectivity index (χ2n) is 27.6. The molecule has 115 heavy (non-hydrogen) atoms. The number of aromatic amines is 2. The van der Waals surface area contributed by atoms with E-state index < -0.39 is 226 Å². The summed E-state index contributed by atoms with van der Waals surface area (Å²) >= 11 is 0. The highest BCUT2D eigenvalue weighted by molar-refractivity contribution is 6.00. The van der Waals surface area contributed by atoms with E-state index in [4.69, 9.17) is 43.9 Å². The van der Waals surface area contributed by atoms with Crippen LogP contribution in [0.5, 0.6) is 0 Å². The first-order valence-corrected chi connectivity index (χ1v) is 38.0. The monoisotopic (exact) mass is 1610 g/mol. The van der Waals surface area contributed by atoms with Crippen LogP contribution in [0.3, 0.4) is 0 Å². The first-order valence-electron chi connectivity index (χ1n) is 38.0. The zero-order valence-corrected chi connectivity index (χ0v) is 64.1. The van der Waals surface area contributed by atoms with Gasteiger partial charge in [-0.25, -0.2) is 4.98 Å². The van der Waals surface area contributed by atoms with Crippen molar-refractivity contribution in [1.82, 2.24) is 83.7 Å². The standard InChI is InChI=1S/C73H109N23O19/c1-2-3-15-48(89-69(110)55(33-75)95-68(109)54(31-43-35-80-40-85-43)93-65(106)50(19-21-58(76)99)90-70(111)56(38-97)86-60(101)36-84-61(102)39-115-28-27-114-26-23-74)63(104)91-51-20-22-59(100)81-24-10-9-17-47(62(77)103)87-67(108)53(30-42-34-83-46-16-8-7-14-45(42)46)92-64(105)49(18-11-25-82-73(78)79)88-66(107)52(29-41-12-5-4-6-13-41)94-71(112)57-32-44(98)37-96(57)72(51)113/h4-8,12-14,16,34-35,40,44,47-57,83,97-98H,2-3,9-11,15,17-33,36-39,74-75H2,1H3,(H2,76,99)(H2,77,103)(H,80,85)(H,81,100)(H,84,102)(H,86,101)(H,87,108)(H,88,107)(H,89,110)(H,90,111)(H,91,104)(H,92,105)(H,93,106)(H,94,112)(H,95,109)(H4,78,79,82)/t44-,47+,48+,49+,50+,51+,52-,53+,54+,55+,56+,57+/m1/s1. The number of amides is 15. The van der Waals surface area contributed by atoms with E-state index in [0.717, 1.165) is 15.8 Å². The Labute approximate surface area is 662 Å². The number of carbonyl (C=O) groups is 15. The average molecular weight is 1610 g/mol. The van der Waals surface area contributed by atoms with Gasteiger partial charge >= 0.3 is 0 Å². The summed E-state index contributed by atoms with van der Waals surface area (Å²) < 4.78 is 10.3.